The van der Waals surface area contributed by atoms with Crippen LogP contribution in [0.2, 0.25) is 0 Å². The molecule has 19 heavy (non-hydrogen) atoms. The number of rotatable bonds is 6. The maximum absolute atomic E-state index is 11.6. The molecule has 0 aliphatic carbocycles. The number of hydrogen-bond donors (Lipinski definition) is 0. The third-order valence-electron chi connectivity index (χ3n) is 2.26. The van der Waals surface area contributed by atoms with Gasteiger partial charge in [-0.05, 0) is 37.1 Å². The van der Waals surface area contributed by atoms with Gasteiger partial charge < -0.3 is 9.47 Å². The molecule has 0 N–H and O–H groups in total. The van der Waals surface area contributed by atoms with E-state index >= 15 is 0 Å². The molecule has 0 aliphatic heterocycles. The van der Waals surface area contributed by atoms with Gasteiger partial charge in [0.1, 0.15) is 17.4 Å². The zero-order valence-electron chi connectivity index (χ0n) is 11.2. The van der Waals surface area contributed by atoms with Crippen LogP contribution in [0.15, 0.2) is 29.8 Å². The summed E-state index contributed by atoms with van der Waals surface area (Å²) in [6.45, 7) is 4.67. The molecule has 0 aromatic heterocycles. The van der Waals surface area contributed by atoms with Crippen molar-refractivity contribution in [1.82, 2.24) is 0 Å². The lowest BCUT2D eigenvalue weighted by molar-refractivity contribution is -0.138. The summed E-state index contributed by atoms with van der Waals surface area (Å²) in [5, 5.41) is 8.98. The van der Waals surface area contributed by atoms with Gasteiger partial charge in [0, 0.05) is 0 Å². The molecule has 0 unspecified atom stereocenters. The van der Waals surface area contributed by atoms with E-state index in [1.165, 1.54) is 6.08 Å². The Kier molecular flexibility index (Phi) is 6.17. The first-order valence-corrected chi connectivity index (χ1v) is 6.23. The van der Waals surface area contributed by atoms with Crippen LogP contribution in [0.3, 0.4) is 0 Å². The molecule has 0 bridgehead atoms. The van der Waals surface area contributed by atoms with Crippen LogP contribution >= 0.6 is 0 Å². The van der Waals surface area contributed by atoms with E-state index in [0.29, 0.717) is 19.0 Å². The molecule has 0 radical (unpaired) electrons. The van der Waals surface area contributed by atoms with Gasteiger partial charge in [0.05, 0.1) is 13.2 Å². The first-order valence-electron chi connectivity index (χ1n) is 6.23. The summed E-state index contributed by atoms with van der Waals surface area (Å²) in [6, 6.07) is 9.06. The molecule has 1 aromatic carbocycles. The number of nitrogens with zero attached hydrogens (tertiary/aromatic N) is 1. The zero-order valence-corrected chi connectivity index (χ0v) is 11.2. The lowest BCUT2D eigenvalue weighted by atomic mass is 10.1. The highest BCUT2D eigenvalue weighted by Gasteiger charge is 2.10. The van der Waals surface area contributed by atoms with Crippen molar-refractivity contribution in [3.8, 4) is 11.8 Å². The number of esters is 1. The van der Waals surface area contributed by atoms with Crippen molar-refractivity contribution >= 4 is 12.0 Å². The predicted molar refractivity (Wildman–Crippen MR) is 72.5 cm³/mol. The average molecular weight is 259 g/mol. The summed E-state index contributed by atoms with van der Waals surface area (Å²) in [7, 11) is 0. The normalized spacial score (nSPS) is 10.7. The average Bonchev–Trinajstić information content (AvgIpc) is 2.43. The van der Waals surface area contributed by atoms with Crippen molar-refractivity contribution in [2.45, 2.75) is 20.3 Å². The van der Waals surface area contributed by atoms with Gasteiger partial charge in [-0.3, -0.25) is 0 Å². The second-order valence-corrected chi connectivity index (χ2v) is 3.81. The Morgan fingerprint density at radius 2 is 2.21 bits per heavy atom. The fraction of sp³-hybridized carbons (Fsp3) is 0.333. The van der Waals surface area contributed by atoms with E-state index < -0.39 is 5.97 Å². The van der Waals surface area contributed by atoms with Crippen molar-refractivity contribution in [3.63, 3.8) is 0 Å². The molecule has 1 rings (SSSR count). The molecule has 0 amide bonds. The Morgan fingerprint density at radius 1 is 1.42 bits per heavy atom. The summed E-state index contributed by atoms with van der Waals surface area (Å²) in [5.74, 6) is 0.113. The van der Waals surface area contributed by atoms with Gasteiger partial charge in [-0.25, -0.2) is 4.79 Å². The number of hydrogen-bond acceptors (Lipinski definition) is 4. The molecule has 0 aliphatic rings. The second kappa shape index (κ2) is 7.93. The predicted octanol–water partition coefficient (Wildman–Crippen LogP) is 2.95. The van der Waals surface area contributed by atoms with Crippen molar-refractivity contribution in [1.29, 1.82) is 5.26 Å². The van der Waals surface area contributed by atoms with Crippen LogP contribution in [-0.4, -0.2) is 19.2 Å². The summed E-state index contributed by atoms with van der Waals surface area (Å²) >= 11 is 0. The van der Waals surface area contributed by atoms with Crippen LogP contribution in [0, 0.1) is 11.3 Å². The van der Waals surface area contributed by atoms with E-state index in [1.54, 1.807) is 12.1 Å². The largest absolute Gasteiger partial charge is 0.494 e. The van der Waals surface area contributed by atoms with Crippen molar-refractivity contribution in [2.24, 2.45) is 0 Å². The molecular formula is C15H17NO3. The summed E-state index contributed by atoms with van der Waals surface area (Å²) in [4.78, 5) is 11.6. The molecule has 4 heteroatoms. The number of carbonyl (C=O) groups is 1. The number of benzene rings is 1. The monoisotopic (exact) mass is 259 g/mol. The molecule has 0 fully saturated rings. The van der Waals surface area contributed by atoms with Gasteiger partial charge in [0.15, 0.2) is 0 Å². The van der Waals surface area contributed by atoms with Gasteiger partial charge in [-0.15, -0.1) is 0 Å². The first kappa shape index (κ1) is 14.8. The van der Waals surface area contributed by atoms with Gasteiger partial charge >= 0.3 is 5.97 Å². The summed E-state index contributed by atoms with van der Waals surface area (Å²) in [5.41, 5.74) is 0.720. The Bertz CT molecular complexity index is 500. The van der Waals surface area contributed by atoms with E-state index in [-0.39, 0.29) is 5.57 Å². The summed E-state index contributed by atoms with van der Waals surface area (Å²) in [6.07, 6.45) is 2.23. The topological polar surface area (TPSA) is 59.3 Å². The second-order valence-electron chi connectivity index (χ2n) is 3.81. The number of ether oxygens (including phenoxy) is 2. The van der Waals surface area contributed by atoms with E-state index in [1.807, 2.05) is 32.0 Å². The lowest BCUT2D eigenvalue weighted by Gasteiger charge is -2.04. The molecule has 4 nitrogen and oxygen atoms in total. The Balaban J connectivity index is 2.88. The fourth-order valence-electron chi connectivity index (χ4n) is 1.44. The van der Waals surface area contributed by atoms with E-state index in [2.05, 4.69) is 0 Å². The smallest absolute Gasteiger partial charge is 0.348 e. The SMILES string of the molecule is CCCOC(=O)/C(C#N)=C/c1cccc(OCC)c1. The lowest BCUT2D eigenvalue weighted by Crippen LogP contribution is -2.07. The summed E-state index contributed by atoms with van der Waals surface area (Å²) < 4.78 is 10.3. The molecule has 0 saturated heterocycles. The van der Waals surface area contributed by atoms with E-state index in [0.717, 1.165) is 12.0 Å². The van der Waals surface area contributed by atoms with Crippen LogP contribution in [0.5, 0.6) is 5.75 Å². The van der Waals surface area contributed by atoms with E-state index in [9.17, 15) is 4.79 Å². The highest BCUT2D eigenvalue weighted by atomic mass is 16.5. The maximum Gasteiger partial charge on any atom is 0.348 e. The molecule has 1 aromatic rings. The van der Waals surface area contributed by atoms with Crippen molar-refractivity contribution in [3.05, 3.63) is 35.4 Å². The molecule has 0 atom stereocenters. The van der Waals surface area contributed by atoms with Crippen LogP contribution < -0.4 is 4.74 Å². The quantitative estimate of drug-likeness (QED) is 0.447. The Labute approximate surface area is 113 Å². The zero-order chi connectivity index (χ0) is 14.1. The van der Waals surface area contributed by atoms with Gasteiger partial charge in [-0.1, -0.05) is 19.1 Å². The molecule has 0 heterocycles. The number of nitriles is 1. The van der Waals surface area contributed by atoms with Crippen molar-refractivity contribution < 1.29 is 14.3 Å². The third kappa shape index (κ3) is 4.84. The molecule has 0 saturated carbocycles. The fourth-order valence-corrected chi connectivity index (χ4v) is 1.44. The van der Waals surface area contributed by atoms with Crippen LogP contribution in [0.1, 0.15) is 25.8 Å². The van der Waals surface area contributed by atoms with Gasteiger partial charge in [0.2, 0.25) is 0 Å². The molecule has 100 valence electrons. The van der Waals surface area contributed by atoms with Crippen molar-refractivity contribution in [2.75, 3.05) is 13.2 Å². The van der Waals surface area contributed by atoms with Crippen LogP contribution in [-0.2, 0) is 9.53 Å². The minimum Gasteiger partial charge on any atom is -0.494 e. The third-order valence-corrected chi connectivity index (χ3v) is 2.26. The molecule has 0 spiro atoms. The highest BCUT2D eigenvalue weighted by Crippen LogP contribution is 2.16. The standard InChI is InChI=1S/C15H17NO3/c1-3-8-19-15(17)13(11-16)9-12-6-5-7-14(10-12)18-4-2/h5-7,9-10H,3-4,8H2,1-2H3/b13-9+. The maximum atomic E-state index is 11.6. The molecular weight excluding hydrogens is 242 g/mol. The minimum atomic E-state index is -0.592. The van der Waals surface area contributed by atoms with Crippen LogP contribution in [0.25, 0.3) is 6.08 Å². The minimum absolute atomic E-state index is 0.0119. The number of carbonyl (C=O) groups excluding carboxylic acids is 1. The highest BCUT2D eigenvalue weighted by molar-refractivity contribution is 5.97. The van der Waals surface area contributed by atoms with Crippen LogP contribution in [0.4, 0.5) is 0 Å². The Morgan fingerprint density at radius 3 is 2.84 bits per heavy atom. The van der Waals surface area contributed by atoms with Gasteiger partial charge in [0.25, 0.3) is 0 Å². The first-order chi connectivity index (χ1) is 9.21. The van der Waals surface area contributed by atoms with Gasteiger partial charge in [-0.2, -0.15) is 5.26 Å². The Hall–Kier alpha value is -2.28. The van der Waals surface area contributed by atoms with E-state index in [4.69, 9.17) is 14.7 Å².